The molecule has 0 spiro atoms. The molecule has 0 aliphatic carbocycles. The molecule has 0 unspecified atom stereocenters. The number of hydrogen-bond acceptors (Lipinski definition) is 4. The predicted molar refractivity (Wildman–Crippen MR) is 43.8 cm³/mol. The molecule has 0 aliphatic rings. The van der Waals surface area contributed by atoms with E-state index in [4.69, 9.17) is 15.3 Å². The summed E-state index contributed by atoms with van der Waals surface area (Å²) in [5.74, 6) is -4.15. The van der Waals surface area contributed by atoms with Crippen molar-refractivity contribution in [2.45, 2.75) is 11.7 Å². The van der Waals surface area contributed by atoms with Gasteiger partial charge in [-0.3, -0.25) is 14.4 Å². The molecule has 13 heavy (non-hydrogen) atoms. The fraction of sp³-hybridized carbons (Fsp3) is 0.500. The van der Waals surface area contributed by atoms with Crippen LogP contribution in [0.5, 0.6) is 0 Å². The van der Waals surface area contributed by atoms with E-state index in [9.17, 15) is 14.4 Å². The molecule has 0 aromatic rings. The van der Waals surface area contributed by atoms with Crippen molar-refractivity contribution < 1.29 is 29.7 Å². The van der Waals surface area contributed by atoms with Gasteiger partial charge in [-0.1, -0.05) is 0 Å². The first kappa shape index (κ1) is 11.8. The maximum absolute atomic E-state index is 10.4. The summed E-state index contributed by atoms with van der Waals surface area (Å²) in [4.78, 5) is 30.6. The van der Waals surface area contributed by atoms with Crippen LogP contribution in [0.3, 0.4) is 0 Å². The van der Waals surface area contributed by atoms with Gasteiger partial charge in [0.1, 0.15) is 5.25 Å². The normalized spacial score (nSPS) is 12.0. The van der Waals surface area contributed by atoms with Gasteiger partial charge in [0.05, 0.1) is 12.2 Å². The number of carboxylic acids is 3. The van der Waals surface area contributed by atoms with E-state index in [0.717, 1.165) is 0 Å². The van der Waals surface area contributed by atoms with Crippen LogP contribution in [0.2, 0.25) is 0 Å². The number of carboxylic acid groups (broad SMARTS) is 3. The highest BCUT2D eigenvalue weighted by Gasteiger charge is 2.22. The Morgan fingerprint density at radius 3 is 1.92 bits per heavy atom. The fourth-order valence-electron chi connectivity index (χ4n) is 0.548. The predicted octanol–water partition coefficient (Wildman–Crippen LogP) is -0.268. The van der Waals surface area contributed by atoms with E-state index in [1.54, 1.807) is 0 Å². The molecule has 0 amide bonds. The average molecular weight is 208 g/mol. The third-order valence-corrected chi connectivity index (χ3v) is 2.23. The van der Waals surface area contributed by atoms with Crippen molar-refractivity contribution in [1.29, 1.82) is 0 Å². The summed E-state index contributed by atoms with van der Waals surface area (Å²) < 4.78 is 0. The van der Waals surface area contributed by atoms with Gasteiger partial charge in [0.25, 0.3) is 0 Å². The van der Waals surface area contributed by atoms with E-state index >= 15 is 0 Å². The van der Waals surface area contributed by atoms with E-state index in [1.165, 1.54) is 0 Å². The van der Waals surface area contributed by atoms with Crippen molar-refractivity contribution in [3.05, 3.63) is 0 Å². The monoisotopic (exact) mass is 208 g/mol. The van der Waals surface area contributed by atoms with Crippen LogP contribution in [0.25, 0.3) is 0 Å². The Bertz CT molecular complexity index is 225. The van der Waals surface area contributed by atoms with Crippen LogP contribution in [0.15, 0.2) is 0 Å². The van der Waals surface area contributed by atoms with Crippen LogP contribution < -0.4 is 0 Å². The van der Waals surface area contributed by atoms with Crippen molar-refractivity contribution in [2.24, 2.45) is 0 Å². The van der Waals surface area contributed by atoms with Crippen LogP contribution >= 0.6 is 11.8 Å². The third-order valence-electron chi connectivity index (χ3n) is 1.04. The SMILES string of the molecule is O=C(O)CS[C@H](CC(=O)O)C(=O)O. The largest absolute Gasteiger partial charge is 0.481 e. The summed E-state index contributed by atoms with van der Waals surface area (Å²) in [5.41, 5.74) is 0. The summed E-state index contributed by atoms with van der Waals surface area (Å²) in [6.07, 6.45) is -0.576. The Labute approximate surface area is 77.6 Å². The van der Waals surface area contributed by atoms with E-state index in [-0.39, 0.29) is 0 Å². The maximum Gasteiger partial charge on any atom is 0.317 e. The van der Waals surface area contributed by atoms with E-state index in [2.05, 4.69) is 0 Å². The van der Waals surface area contributed by atoms with Gasteiger partial charge in [-0.25, -0.2) is 0 Å². The van der Waals surface area contributed by atoms with Gasteiger partial charge in [0.15, 0.2) is 0 Å². The lowest BCUT2D eigenvalue weighted by Crippen LogP contribution is -2.21. The summed E-state index contributed by atoms with van der Waals surface area (Å²) in [6, 6.07) is 0. The Kier molecular flexibility index (Phi) is 4.90. The van der Waals surface area contributed by atoms with Crippen LogP contribution in [0.1, 0.15) is 6.42 Å². The van der Waals surface area contributed by atoms with E-state index in [0.29, 0.717) is 11.8 Å². The van der Waals surface area contributed by atoms with Crippen molar-refractivity contribution in [1.82, 2.24) is 0 Å². The van der Waals surface area contributed by atoms with Gasteiger partial charge in [0.2, 0.25) is 0 Å². The molecule has 0 radical (unpaired) electrons. The molecule has 0 bridgehead atoms. The lowest BCUT2D eigenvalue weighted by molar-refractivity contribution is -0.143. The fourth-order valence-corrected chi connectivity index (χ4v) is 1.29. The number of thioether (sulfide) groups is 1. The zero-order valence-corrected chi connectivity index (χ0v) is 7.28. The Morgan fingerprint density at radius 2 is 1.62 bits per heavy atom. The molecule has 0 aromatic heterocycles. The topological polar surface area (TPSA) is 112 Å². The second-order valence-corrected chi connectivity index (χ2v) is 3.32. The lowest BCUT2D eigenvalue weighted by Gasteiger charge is -2.06. The summed E-state index contributed by atoms with van der Waals surface area (Å²) in [6.45, 7) is 0. The Hall–Kier alpha value is -1.24. The molecule has 0 heterocycles. The number of hydrogen-bond donors (Lipinski definition) is 3. The minimum atomic E-state index is -1.31. The molecule has 0 saturated heterocycles. The number of carbonyl (C=O) groups is 3. The first-order chi connectivity index (χ1) is 5.93. The van der Waals surface area contributed by atoms with Crippen LogP contribution in [0, 0.1) is 0 Å². The molecule has 3 N–H and O–H groups in total. The molecule has 6 nitrogen and oxygen atoms in total. The zero-order chi connectivity index (χ0) is 10.4. The molecule has 0 aromatic carbocycles. The third kappa shape index (κ3) is 5.97. The first-order valence-corrected chi connectivity index (χ1v) is 4.26. The van der Waals surface area contributed by atoms with Crippen molar-refractivity contribution in [3.8, 4) is 0 Å². The summed E-state index contributed by atoms with van der Waals surface area (Å²) >= 11 is 0.586. The highest BCUT2D eigenvalue weighted by molar-refractivity contribution is 8.01. The van der Waals surface area contributed by atoms with Crippen molar-refractivity contribution in [3.63, 3.8) is 0 Å². The van der Waals surface area contributed by atoms with E-state index in [1.807, 2.05) is 0 Å². The average Bonchev–Trinajstić information content (AvgIpc) is 1.96. The van der Waals surface area contributed by atoms with Gasteiger partial charge >= 0.3 is 17.9 Å². The van der Waals surface area contributed by atoms with Gasteiger partial charge in [-0.2, -0.15) is 0 Å². The van der Waals surface area contributed by atoms with Crippen molar-refractivity contribution >= 4 is 29.7 Å². The molecule has 0 rings (SSSR count). The summed E-state index contributed by atoms with van der Waals surface area (Å²) in [7, 11) is 0. The van der Waals surface area contributed by atoms with Crippen LogP contribution in [-0.4, -0.2) is 44.2 Å². The molecule has 1 atom stereocenters. The molecule has 0 saturated carbocycles. The number of aliphatic carboxylic acids is 3. The summed E-state index contributed by atoms with van der Waals surface area (Å²) in [5, 5.41) is 23.7. The molecule has 74 valence electrons. The minimum Gasteiger partial charge on any atom is -0.481 e. The quantitative estimate of drug-likeness (QED) is 0.550. The number of rotatable bonds is 6. The van der Waals surface area contributed by atoms with Gasteiger partial charge in [-0.05, 0) is 0 Å². The molecule has 0 aliphatic heterocycles. The van der Waals surface area contributed by atoms with Gasteiger partial charge < -0.3 is 15.3 Å². The smallest absolute Gasteiger partial charge is 0.317 e. The lowest BCUT2D eigenvalue weighted by atomic mass is 10.3. The second-order valence-electron chi connectivity index (χ2n) is 2.13. The molecular formula is C6H8O6S. The van der Waals surface area contributed by atoms with Gasteiger partial charge in [-0.15, -0.1) is 11.8 Å². The maximum atomic E-state index is 10.4. The highest BCUT2D eigenvalue weighted by Crippen LogP contribution is 2.14. The molecule has 7 heteroatoms. The standard InChI is InChI=1S/C6H8O6S/c7-4(8)1-3(6(11)12)13-2-5(9)10/h3H,1-2H2,(H,7,8)(H,9,10)(H,11,12)/t3-/m1/s1. The first-order valence-electron chi connectivity index (χ1n) is 3.21. The molecular weight excluding hydrogens is 200 g/mol. The van der Waals surface area contributed by atoms with Gasteiger partial charge in [0, 0.05) is 0 Å². The van der Waals surface area contributed by atoms with Crippen LogP contribution in [-0.2, 0) is 14.4 Å². The Morgan fingerprint density at radius 1 is 1.08 bits per heavy atom. The second kappa shape index (κ2) is 5.41. The van der Waals surface area contributed by atoms with Crippen molar-refractivity contribution in [2.75, 3.05) is 5.75 Å². The van der Waals surface area contributed by atoms with E-state index < -0.39 is 35.3 Å². The highest BCUT2D eigenvalue weighted by atomic mass is 32.2. The zero-order valence-electron chi connectivity index (χ0n) is 6.47. The van der Waals surface area contributed by atoms with Crippen LogP contribution in [0.4, 0.5) is 0 Å². The minimum absolute atomic E-state index is 0.412. The Balaban J connectivity index is 4.02. The molecule has 0 fully saturated rings.